The van der Waals surface area contributed by atoms with Gasteiger partial charge >= 0.3 is 5.51 Å². The van der Waals surface area contributed by atoms with Crippen molar-refractivity contribution in [2.75, 3.05) is 6.54 Å². The van der Waals surface area contributed by atoms with Gasteiger partial charge < -0.3 is 5.32 Å². The molecule has 0 bridgehead atoms. The van der Waals surface area contributed by atoms with E-state index in [2.05, 4.69) is 5.32 Å². The number of halogens is 5. The fourth-order valence-corrected chi connectivity index (χ4v) is 4.33. The molecule has 1 fully saturated rings. The lowest BCUT2D eigenvalue weighted by Gasteiger charge is -2.23. The molecule has 10 heteroatoms. The van der Waals surface area contributed by atoms with Crippen molar-refractivity contribution in [3.63, 3.8) is 0 Å². The van der Waals surface area contributed by atoms with E-state index in [-0.39, 0.29) is 24.0 Å². The fraction of sp³-hybridized carbons (Fsp3) is 0.368. The average Bonchev–Trinajstić information content (AvgIpc) is 3.01. The summed E-state index contributed by atoms with van der Waals surface area (Å²) in [6, 6.07) is 7.24. The topological polar surface area (TPSA) is 65.0 Å². The molecule has 0 aromatic heterocycles. The third kappa shape index (κ3) is 4.76. The van der Waals surface area contributed by atoms with Crippen LogP contribution in [0.15, 0.2) is 36.4 Å². The van der Waals surface area contributed by atoms with Crippen LogP contribution in [0.2, 0.25) is 0 Å². The van der Waals surface area contributed by atoms with Crippen molar-refractivity contribution in [1.29, 1.82) is 4.78 Å². The molecule has 1 heterocycles. The number of alkyl halides is 3. The summed E-state index contributed by atoms with van der Waals surface area (Å²) in [6.07, 6.45) is 0.250. The standard InChI is InChI=1S/C19H20F5N3OS/c1-11-7-13(9-14(20)8-11)15-4-2-3-12(18(15)21)10-17-16(5-6-26-17)27-29(25,28)19(22,23)24/h2-4,7-9,16-17,26H,5-6,10H2,1H3,(H2,25,27,28)/t16-,17-,29?/m0/s1. The van der Waals surface area contributed by atoms with E-state index in [0.29, 0.717) is 17.7 Å². The second-order valence-corrected chi connectivity index (χ2v) is 8.89. The van der Waals surface area contributed by atoms with E-state index in [4.69, 9.17) is 4.78 Å². The molecule has 3 N–H and O–H groups in total. The van der Waals surface area contributed by atoms with E-state index in [1.54, 1.807) is 19.1 Å². The number of rotatable bonds is 5. The van der Waals surface area contributed by atoms with E-state index in [1.165, 1.54) is 24.3 Å². The van der Waals surface area contributed by atoms with Crippen molar-refractivity contribution >= 4 is 9.92 Å². The Morgan fingerprint density at radius 1 is 1.24 bits per heavy atom. The molecule has 29 heavy (non-hydrogen) atoms. The van der Waals surface area contributed by atoms with Crippen LogP contribution in [0.5, 0.6) is 0 Å². The number of aryl methyl sites for hydroxylation is 1. The van der Waals surface area contributed by atoms with Crippen LogP contribution in [0.1, 0.15) is 17.5 Å². The van der Waals surface area contributed by atoms with E-state index < -0.39 is 39.1 Å². The molecule has 1 saturated heterocycles. The molecule has 2 aromatic rings. The maximum absolute atomic E-state index is 15.1. The molecule has 3 atom stereocenters. The van der Waals surface area contributed by atoms with Crippen LogP contribution < -0.4 is 10.0 Å². The third-order valence-electron chi connectivity index (χ3n) is 4.86. The van der Waals surface area contributed by atoms with Gasteiger partial charge in [-0.1, -0.05) is 24.3 Å². The van der Waals surface area contributed by atoms with Crippen LogP contribution in [-0.4, -0.2) is 28.3 Å². The normalized spacial score (nSPS) is 21.9. The first-order valence-corrected chi connectivity index (χ1v) is 10.4. The summed E-state index contributed by atoms with van der Waals surface area (Å²) in [7, 11) is -5.00. The van der Waals surface area contributed by atoms with Gasteiger partial charge in [-0.25, -0.2) is 22.5 Å². The van der Waals surface area contributed by atoms with Crippen LogP contribution in [0.3, 0.4) is 0 Å². The molecule has 0 aliphatic carbocycles. The van der Waals surface area contributed by atoms with Gasteiger partial charge in [-0.2, -0.15) is 13.2 Å². The average molecular weight is 433 g/mol. The molecule has 158 valence electrons. The molecule has 1 unspecified atom stereocenters. The van der Waals surface area contributed by atoms with Crippen LogP contribution >= 0.6 is 0 Å². The van der Waals surface area contributed by atoms with E-state index in [1.807, 2.05) is 4.72 Å². The Balaban J connectivity index is 1.85. The van der Waals surface area contributed by atoms with Crippen LogP contribution in [0.25, 0.3) is 11.1 Å². The molecule has 1 aliphatic rings. The summed E-state index contributed by atoms with van der Waals surface area (Å²) in [5.41, 5.74) is -3.78. The Morgan fingerprint density at radius 3 is 2.62 bits per heavy atom. The second-order valence-electron chi connectivity index (χ2n) is 7.08. The SMILES string of the molecule is Cc1cc(F)cc(-c2cccc(C[C@@H]3NCC[C@@H]3NS(=N)(=O)C(F)(F)F)c2F)c1. The van der Waals surface area contributed by atoms with Gasteiger partial charge in [-0.3, -0.25) is 0 Å². The molecule has 2 aromatic carbocycles. The lowest BCUT2D eigenvalue weighted by molar-refractivity contribution is -0.0420. The monoisotopic (exact) mass is 433 g/mol. The Bertz CT molecular complexity index is 987. The fourth-order valence-electron chi connectivity index (χ4n) is 3.49. The zero-order valence-corrected chi connectivity index (χ0v) is 16.3. The van der Waals surface area contributed by atoms with Gasteiger partial charge in [0.05, 0.1) is 0 Å². The first-order chi connectivity index (χ1) is 13.5. The summed E-state index contributed by atoms with van der Waals surface area (Å²) in [5, 5.41) is 2.97. The highest BCUT2D eigenvalue weighted by molar-refractivity contribution is 7.91. The first-order valence-electron chi connectivity index (χ1n) is 8.88. The molecule has 3 rings (SSSR count). The zero-order chi connectivity index (χ0) is 21.4. The highest BCUT2D eigenvalue weighted by Crippen LogP contribution is 2.29. The molecule has 0 spiro atoms. The zero-order valence-electron chi connectivity index (χ0n) is 15.4. The van der Waals surface area contributed by atoms with Gasteiger partial charge in [0.1, 0.15) is 11.6 Å². The van der Waals surface area contributed by atoms with Gasteiger partial charge in [0.15, 0.2) is 0 Å². The van der Waals surface area contributed by atoms with Crippen LogP contribution in [0, 0.1) is 23.3 Å². The molecule has 0 radical (unpaired) electrons. The quantitative estimate of drug-likeness (QED) is 0.616. The highest BCUT2D eigenvalue weighted by atomic mass is 32.2. The molecular weight excluding hydrogens is 413 g/mol. The minimum atomic E-state index is -5.19. The molecule has 1 aliphatic heterocycles. The van der Waals surface area contributed by atoms with Gasteiger partial charge in [0, 0.05) is 17.6 Å². The number of hydrogen-bond donors (Lipinski definition) is 3. The van der Waals surface area contributed by atoms with Gasteiger partial charge in [-0.05, 0) is 55.1 Å². The first kappa shape index (κ1) is 21.7. The predicted molar refractivity (Wildman–Crippen MR) is 100 cm³/mol. The minimum absolute atomic E-state index is 0.0268. The lowest BCUT2D eigenvalue weighted by atomic mass is 9.96. The van der Waals surface area contributed by atoms with Crippen molar-refractivity contribution in [3.8, 4) is 11.1 Å². The number of hydrogen-bond acceptors (Lipinski definition) is 3. The summed E-state index contributed by atoms with van der Waals surface area (Å²) in [6.45, 7) is 2.03. The minimum Gasteiger partial charge on any atom is -0.312 e. The second kappa shape index (κ2) is 8.00. The molecular formula is C19H20F5N3OS. The van der Waals surface area contributed by atoms with Crippen LogP contribution in [-0.2, 0) is 16.3 Å². The Labute approximate surface area is 165 Å². The molecule has 4 nitrogen and oxygen atoms in total. The number of benzene rings is 2. The maximum atomic E-state index is 15.1. The van der Waals surface area contributed by atoms with Crippen molar-refractivity contribution in [2.45, 2.75) is 37.4 Å². The number of nitrogens with one attached hydrogen (secondary N) is 3. The Kier molecular flexibility index (Phi) is 5.98. The van der Waals surface area contributed by atoms with Gasteiger partial charge in [-0.15, -0.1) is 0 Å². The molecule has 0 saturated carbocycles. The Hall–Kier alpha value is -2.04. The highest BCUT2D eigenvalue weighted by Gasteiger charge is 2.44. The smallest absolute Gasteiger partial charge is 0.312 e. The lowest BCUT2D eigenvalue weighted by Crippen LogP contribution is -2.48. The van der Waals surface area contributed by atoms with Crippen molar-refractivity contribution in [2.24, 2.45) is 0 Å². The summed E-state index contributed by atoms with van der Waals surface area (Å²) >= 11 is 0. The predicted octanol–water partition coefficient (Wildman–Crippen LogP) is 4.28. The summed E-state index contributed by atoms with van der Waals surface area (Å²) < 4.78 is 87.7. The third-order valence-corrected chi connectivity index (χ3v) is 6.15. The maximum Gasteiger partial charge on any atom is 0.492 e. The van der Waals surface area contributed by atoms with Crippen molar-refractivity contribution < 1.29 is 26.2 Å². The van der Waals surface area contributed by atoms with Gasteiger partial charge in [0.25, 0.3) is 0 Å². The summed E-state index contributed by atoms with van der Waals surface area (Å²) in [4.78, 5) is 0. The van der Waals surface area contributed by atoms with Gasteiger partial charge in [0.2, 0.25) is 9.92 Å². The van der Waals surface area contributed by atoms with E-state index >= 15 is 4.39 Å². The van der Waals surface area contributed by atoms with Crippen LogP contribution in [0.4, 0.5) is 22.0 Å². The van der Waals surface area contributed by atoms with E-state index in [0.717, 1.165) is 0 Å². The molecule has 0 amide bonds. The van der Waals surface area contributed by atoms with Crippen molar-refractivity contribution in [1.82, 2.24) is 10.0 Å². The largest absolute Gasteiger partial charge is 0.492 e. The summed E-state index contributed by atoms with van der Waals surface area (Å²) in [5.74, 6) is -1.09. The van der Waals surface area contributed by atoms with E-state index in [9.17, 15) is 21.8 Å². The van der Waals surface area contributed by atoms with Crippen molar-refractivity contribution in [3.05, 3.63) is 59.2 Å². The Morgan fingerprint density at radius 2 is 1.97 bits per heavy atom.